The number of aromatic nitrogens is 1. The van der Waals surface area contributed by atoms with Crippen LogP contribution < -0.4 is 10.6 Å². The molecular formula is C13H20N4O3S. The van der Waals surface area contributed by atoms with Crippen LogP contribution in [0.3, 0.4) is 0 Å². The molecule has 7 nitrogen and oxygen atoms in total. The summed E-state index contributed by atoms with van der Waals surface area (Å²) in [6.07, 6.45) is 1.71. The van der Waals surface area contributed by atoms with E-state index < -0.39 is 0 Å². The van der Waals surface area contributed by atoms with Crippen LogP contribution in [0.15, 0.2) is 11.6 Å². The lowest BCUT2D eigenvalue weighted by molar-refractivity contribution is -0.124. The zero-order valence-electron chi connectivity index (χ0n) is 12.0. The van der Waals surface area contributed by atoms with Crippen molar-refractivity contribution in [2.45, 2.75) is 13.0 Å². The predicted molar refractivity (Wildman–Crippen MR) is 78.9 cm³/mol. The first-order chi connectivity index (χ1) is 10.1. The zero-order chi connectivity index (χ0) is 15.1. The summed E-state index contributed by atoms with van der Waals surface area (Å²) >= 11 is 1.57. The summed E-state index contributed by atoms with van der Waals surface area (Å²) in [5, 5.41) is 8.29. The lowest BCUT2D eigenvalue weighted by Gasteiger charge is -2.31. The molecule has 0 aliphatic carbocycles. The maximum Gasteiger partial charge on any atom is 0.234 e. The van der Waals surface area contributed by atoms with Crippen LogP contribution in [0.25, 0.3) is 0 Å². The molecule has 1 aliphatic rings. The van der Waals surface area contributed by atoms with Crippen LogP contribution in [-0.4, -0.2) is 61.0 Å². The molecule has 1 aliphatic heterocycles. The molecule has 1 aromatic rings. The maximum absolute atomic E-state index is 11.8. The number of carbonyl (C=O) groups excluding carboxylic acids is 2. The number of thiazole rings is 1. The fourth-order valence-electron chi connectivity index (χ4n) is 2.09. The van der Waals surface area contributed by atoms with Crippen LogP contribution in [0, 0.1) is 0 Å². The number of amides is 2. The van der Waals surface area contributed by atoms with Gasteiger partial charge in [-0.05, 0) is 0 Å². The van der Waals surface area contributed by atoms with Gasteiger partial charge in [0.2, 0.25) is 11.8 Å². The van der Waals surface area contributed by atoms with E-state index >= 15 is 0 Å². The van der Waals surface area contributed by atoms with Crippen molar-refractivity contribution >= 4 is 23.2 Å². The van der Waals surface area contributed by atoms with E-state index in [2.05, 4.69) is 20.5 Å². The van der Waals surface area contributed by atoms with Crippen molar-refractivity contribution in [3.05, 3.63) is 16.6 Å². The third-order valence-corrected chi connectivity index (χ3v) is 3.93. The van der Waals surface area contributed by atoms with Gasteiger partial charge < -0.3 is 15.4 Å². The first kappa shape index (κ1) is 15.9. The van der Waals surface area contributed by atoms with Gasteiger partial charge >= 0.3 is 0 Å². The molecule has 0 saturated carbocycles. The first-order valence-corrected chi connectivity index (χ1v) is 7.77. The monoisotopic (exact) mass is 312 g/mol. The third kappa shape index (κ3) is 5.41. The molecule has 116 valence electrons. The average molecular weight is 312 g/mol. The highest BCUT2D eigenvalue weighted by Crippen LogP contribution is 2.23. The Balaban J connectivity index is 1.69. The molecule has 2 rings (SSSR count). The molecule has 1 saturated heterocycles. The number of hydrogen-bond donors (Lipinski definition) is 2. The number of rotatable bonds is 6. The van der Waals surface area contributed by atoms with E-state index in [9.17, 15) is 9.59 Å². The molecule has 0 bridgehead atoms. The first-order valence-electron chi connectivity index (χ1n) is 6.89. The van der Waals surface area contributed by atoms with Gasteiger partial charge in [-0.2, -0.15) is 0 Å². The standard InChI is InChI=1S/C13H20N4O3S/c1-10(18)14-2-3-15-12(19)9-17-5-6-20-11(8-17)13-16-4-7-21-13/h4,7,11H,2-3,5-6,8-9H2,1H3,(H,14,18)(H,15,19)/t11-/m0/s1. The zero-order valence-corrected chi connectivity index (χ0v) is 12.8. The summed E-state index contributed by atoms with van der Waals surface area (Å²) in [4.78, 5) is 28.8. The van der Waals surface area contributed by atoms with E-state index in [1.807, 2.05) is 5.38 Å². The lowest BCUT2D eigenvalue weighted by atomic mass is 10.3. The number of nitrogens with zero attached hydrogens (tertiary/aromatic N) is 2. The normalized spacial score (nSPS) is 19.2. The van der Waals surface area contributed by atoms with Gasteiger partial charge in [0.05, 0.1) is 13.2 Å². The number of morpholine rings is 1. The molecule has 0 spiro atoms. The number of ether oxygens (including phenoxy) is 1. The summed E-state index contributed by atoms with van der Waals surface area (Å²) in [5.74, 6) is -0.135. The molecular weight excluding hydrogens is 292 g/mol. The number of hydrogen-bond acceptors (Lipinski definition) is 6. The van der Waals surface area contributed by atoms with Crippen molar-refractivity contribution in [1.29, 1.82) is 0 Å². The van der Waals surface area contributed by atoms with Gasteiger partial charge in [-0.1, -0.05) is 0 Å². The minimum Gasteiger partial charge on any atom is -0.368 e. The summed E-state index contributed by atoms with van der Waals surface area (Å²) in [7, 11) is 0. The van der Waals surface area contributed by atoms with Crippen molar-refractivity contribution in [2.75, 3.05) is 39.3 Å². The van der Waals surface area contributed by atoms with E-state index in [4.69, 9.17) is 4.74 Å². The van der Waals surface area contributed by atoms with Crippen LogP contribution in [0.2, 0.25) is 0 Å². The average Bonchev–Trinajstić information content (AvgIpc) is 2.98. The van der Waals surface area contributed by atoms with Crippen molar-refractivity contribution in [3.8, 4) is 0 Å². The topological polar surface area (TPSA) is 83.6 Å². The minimum absolute atomic E-state index is 0.0415. The SMILES string of the molecule is CC(=O)NCCNC(=O)CN1CCO[C@H](c2nccs2)C1. The second kappa shape index (κ2) is 8.06. The minimum atomic E-state index is -0.0938. The van der Waals surface area contributed by atoms with E-state index in [-0.39, 0.29) is 17.9 Å². The summed E-state index contributed by atoms with van der Waals surface area (Å²) in [5.41, 5.74) is 0. The molecule has 0 aromatic carbocycles. The van der Waals surface area contributed by atoms with Gasteiger partial charge in [-0.25, -0.2) is 4.98 Å². The Morgan fingerprint density at radius 2 is 2.29 bits per heavy atom. The van der Waals surface area contributed by atoms with Gasteiger partial charge in [0.25, 0.3) is 0 Å². The van der Waals surface area contributed by atoms with Crippen molar-refractivity contribution in [2.24, 2.45) is 0 Å². The van der Waals surface area contributed by atoms with Crippen LogP contribution in [-0.2, 0) is 14.3 Å². The largest absolute Gasteiger partial charge is 0.368 e. The van der Waals surface area contributed by atoms with Crippen LogP contribution >= 0.6 is 11.3 Å². The van der Waals surface area contributed by atoms with Gasteiger partial charge in [0.15, 0.2) is 0 Å². The van der Waals surface area contributed by atoms with E-state index in [0.29, 0.717) is 32.8 Å². The molecule has 2 N–H and O–H groups in total. The maximum atomic E-state index is 11.8. The third-order valence-electron chi connectivity index (χ3n) is 3.07. The van der Waals surface area contributed by atoms with Crippen LogP contribution in [0.4, 0.5) is 0 Å². The molecule has 1 atom stereocenters. The Morgan fingerprint density at radius 1 is 1.48 bits per heavy atom. The van der Waals surface area contributed by atoms with Crippen molar-refractivity contribution in [1.82, 2.24) is 20.5 Å². The highest BCUT2D eigenvalue weighted by atomic mass is 32.1. The molecule has 0 radical (unpaired) electrons. The van der Waals surface area contributed by atoms with Crippen LogP contribution in [0.5, 0.6) is 0 Å². The highest BCUT2D eigenvalue weighted by molar-refractivity contribution is 7.09. The smallest absolute Gasteiger partial charge is 0.234 e. The van der Waals surface area contributed by atoms with Gasteiger partial charge in [0, 0.05) is 44.7 Å². The lowest BCUT2D eigenvalue weighted by Crippen LogP contribution is -2.45. The Hall–Kier alpha value is -1.51. The second-order valence-electron chi connectivity index (χ2n) is 4.80. The number of nitrogens with one attached hydrogen (secondary N) is 2. The van der Waals surface area contributed by atoms with E-state index in [1.165, 1.54) is 6.92 Å². The Morgan fingerprint density at radius 3 is 3.00 bits per heavy atom. The Kier molecular flexibility index (Phi) is 6.09. The molecule has 2 heterocycles. The van der Waals surface area contributed by atoms with Crippen molar-refractivity contribution in [3.63, 3.8) is 0 Å². The molecule has 8 heteroatoms. The second-order valence-corrected chi connectivity index (χ2v) is 5.72. The highest BCUT2D eigenvalue weighted by Gasteiger charge is 2.24. The fourth-order valence-corrected chi connectivity index (χ4v) is 2.77. The van der Waals surface area contributed by atoms with Crippen molar-refractivity contribution < 1.29 is 14.3 Å². The molecule has 0 unspecified atom stereocenters. The molecule has 21 heavy (non-hydrogen) atoms. The van der Waals surface area contributed by atoms with E-state index in [0.717, 1.165) is 11.6 Å². The quantitative estimate of drug-likeness (QED) is 0.709. The van der Waals surface area contributed by atoms with Gasteiger partial charge in [-0.3, -0.25) is 14.5 Å². The Labute approximate surface area is 127 Å². The van der Waals surface area contributed by atoms with Gasteiger partial charge in [-0.15, -0.1) is 11.3 Å². The number of carbonyl (C=O) groups is 2. The summed E-state index contributed by atoms with van der Waals surface area (Å²) in [6.45, 7) is 4.70. The molecule has 1 aromatic heterocycles. The van der Waals surface area contributed by atoms with Crippen LogP contribution in [0.1, 0.15) is 18.0 Å². The predicted octanol–water partition coefficient (Wildman–Crippen LogP) is -0.231. The summed E-state index contributed by atoms with van der Waals surface area (Å²) < 4.78 is 5.69. The molecule has 1 fully saturated rings. The van der Waals surface area contributed by atoms with Gasteiger partial charge in [0.1, 0.15) is 11.1 Å². The summed E-state index contributed by atoms with van der Waals surface area (Å²) in [6, 6.07) is 0. The van der Waals surface area contributed by atoms with E-state index in [1.54, 1.807) is 17.5 Å². The fraction of sp³-hybridized carbons (Fsp3) is 0.615. The Bertz CT molecular complexity index is 466. The molecule has 2 amide bonds.